The van der Waals surface area contributed by atoms with Crippen molar-refractivity contribution in [3.63, 3.8) is 0 Å². The molecule has 0 aromatic heterocycles. The van der Waals surface area contributed by atoms with Crippen LogP contribution < -0.4 is 5.73 Å². The lowest BCUT2D eigenvalue weighted by atomic mass is 10.1. The number of carbonyl (C=O) groups is 1. The predicted octanol–water partition coefficient (Wildman–Crippen LogP) is 1.19. The SMILES string of the molecule is NC(=O)CC=Cc1ccc(O)cc1[N+](=O)[O-]. The smallest absolute Gasteiger partial charge is 0.280 e. The van der Waals surface area contributed by atoms with Gasteiger partial charge in [0, 0.05) is 6.42 Å². The van der Waals surface area contributed by atoms with Gasteiger partial charge in [0.15, 0.2) is 0 Å². The molecule has 1 rings (SSSR count). The Morgan fingerprint density at radius 2 is 2.25 bits per heavy atom. The van der Waals surface area contributed by atoms with Crippen molar-refractivity contribution in [2.75, 3.05) is 0 Å². The average Bonchev–Trinajstić information content (AvgIpc) is 2.19. The standard InChI is InChI=1S/C10H10N2O4/c11-10(14)3-1-2-7-4-5-8(13)6-9(7)12(15)16/h1-2,4-6,13H,3H2,(H2,11,14). The third-order valence-electron chi connectivity index (χ3n) is 1.83. The fourth-order valence-corrected chi connectivity index (χ4v) is 1.13. The van der Waals surface area contributed by atoms with Gasteiger partial charge in [-0.25, -0.2) is 0 Å². The van der Waals surface area contributed by atoms with Crippen LogP contribution in [0.1, 0.15) is 12.0 Å². The summed E-state index contributed by atoms with van der Waals surface area (Å²) in [6, 6.07) is 3.77. The highest BCUT2D eigenvalue weighted by atomic mass is 16.6. The quantitative estimate of drug-likeness (QED) is 0.589. The molecule has 0 aliphatic heterocycles. The minimum atomic E-state index is -0.607. The number of nitrogens with zero attached hydrogens (tertiary/aromatic N) is 1. The van der Waals surface area contributed by atoms with Crippen LogP contribution in [0.5, 0.6) is 5.75 Å². The fourth-order valence-electron chi connectivity index (χ4n) is 1.13. The molecule has 0 radical (unpaired) electrons. The Balaban J connectivity index is 2.99. The maximum atomic E-state index is 10.6. The number of phenolic OH excluding ortho intramolecular Hbond substituents is 1. The molecule has 0 aliphatic rings. The first-order valence-electron chi connectivity index (χ1n) is 4.43. The van der Waals surface area contributed by atoms with Gasteiger partial charge in [0.05, 0.1) is 16.6 Å². The molecular weight excluding hydrogens is 212 g/mol. The van der Waals surface area contributed by atoms with Crippen LogP contribution in [0.4, 0.5) is 5.69 Å². The first-order chi connectivity index (χ1) is 7.50. The Morgan fingerprint density at radius 1 is 1.56 bits per heavy atom. The molecule has 0 saturated heterocycles. The Kier molecular flexibility index (Phi) is 3.60. The Labute approximate surface area is 91.2 Å². The highest BCUT2D eigenvalue weighted by molar-refractivity contribution is 5.77. The first-order valence-corrected chi connectivity index (χ1v) is 4.43. The molecule has 16 heavy (non-hydrogen) atoms. The van der Waals surface area contributed by atoms with Gasteiger partial charge in [0.1, 0.15) is 5.75 Å². The van der Waals surface area contributed by atoms with Crippen molar-refractivity contribution in [3.05, 3.63) is 40.0 Å². The number of carbonyl (C=O) groups excluding carboxylic acids is 1. The van der Waals surface area contributed by atoms with E-state index in [1.54, 1.807) is 0 Å². The van der Waals surface area contributed by atoms with Crippen molar-refractivity contribution in [1.29, 1.82) is 0 Å². The maximum absolute atomic E-state index is 10.6. The van der Waals surface area contributed by atoms with Crippen LogP contribution in [0.3, 0.4) is 0 Å². The van der Waals surface area contributed by atoms with E-state index >= 15 is 0 Å². The number of nitro benzene ring substituents is 1. The van der Waals surface area contributed by atoms with Crippen molar-refractivity contribution in [2.45, 2.75) is 6.42 Å². The number of hydrogen-bond acceptors (Lipinski definition) is 4. The van der Waals surface area contributed by atoms with E-state index in [2.05, 4.69) is 0 Å². The second-order valence-electron chi connectivity index (χ2n) is 3.07. The van der Waals surface area contributed by atoms with Gasteiger partial charge in [-0.2, -0.15) is 0 Å². The van der Waals surface area contributed by atoms with E-state index in [1.165, 1.54) is 24.3 Å². The van der Waals surface area contributed by atoms with Gasteiger partial charge < -0.3 is 10.8 Å². The molecule has 6 heteroatoms. The zero-order chi connectivity index (χ0) is 12.1. The lowest BCUT2D eigenvalue weighted by Gasteiger charge is -1.98. The fraction of sp³-hybridized carbons (Fsp3) is 0.100. The molecule has 0 fully saturated rings. The number of amides is 1. The molecule has 0 saturated carbocycles. The zero-order valence-electron chi connectivity index (χ0n) is 8.29. The average molecular weight is 222 g/mol. The largest absolute Gasteiger partial charge is 0.508 e. The minimum absolute atomic E-state index is 0.0119. The molecule has 6 nitrogen and oxygen atoms in total. The number of aromatic hydroxyl groups is 1. The van der Waals surface area contributed by atoms with E-state index in [-0.39, 0.29) is 17.9 Å². The van der Waals surface area contributed by atoms with Crippen molar-refractivity contribution in [3.8, 4) is 5.75 Å². The summed E-state index contributed by atoms with van der Waals surface area (Å²) < 4.78 is 0. The van der Waals surface area contributed by atoms with Crippen molar-refractivity contribution >= 4 is 17.7 Å². The summed E-state index contributed by atoms with van der Waals surface area (Å²) in [7, 11) is 0. The van der Waals surface area contributed by atoms with E-state index in [0.717, 1.165) is 6.07 Å². The highest BCUT2D eigenvalue weighted by Gasteiger charge is 2.11. The lowest BCUT2D eigenvalue weighted by Crippen LogP contribution is -2.07. The summed E-state index contributed by atoms with van der Waals surface area (Å²) in [5.74, 6) is -0.698. The van der Waals surface area contributed by atoms with Gasteiger partial charge in [-0.1, -0.05) is 12.2 Å². The maximum Gasteiger partial charge on any atom is 0.280 e. The van der Waals surface area contributed by atoms with Crippen LogP contribution in [0.25, 0.3) is 6.08 Å². The Hall–Kier alpha value is -2.37. The van der Waals surface area contributed by atoms with E-state index in [1.807, 2.05) is 0 Å². The molecular formula is C10H10N2O4. The van der Waals surface area contributed by atoms with Crippen LogP contribution in [0.15, 0.2) is 24.3 Å². The van der Waals surface area contributed by atoms with E-state index < -0.39 is 10.8 Å². The predicted molar refractivity (Wildman–Crippen MR) is 57.6 cm³/mol. The van der Waals surface area contributed by atoms with Gasteiger partial charge in [-0.3, -0.25) is 14.9 Å². The van der Waals surface area contributed by atoms with Gasteiger partial charge in [-0.05, 0) is 12.1 Å². The lowest BCUT2D eigenvalue weighted by molar-refractivity contribution is -0.385. The van der Waals surface area contributed by atoms with Crippen LogP contribution in [0, 0.1) is 10.1 Å². The Morgan fingerprint density at radius 3 is 2.81 bits per heavy atom. The van der Waals surface area contributed by atoms with Crippen molar-refractivity contribution in [1.82, 2.24) is 0 Å². The van der Waals surface area contributed by atoms with Crippen molar-refractivity contribution < 1.29 is 14.8 Å². The van der Waals surface area contributed by atoms with Crippen LogP contribution in [-0.4, -0.2) is 15.9 Å². The van der Waals surface area contributed by atoms with E-state index in [0.29, 0.717) is 5.56 Å². The molecule has 0 atom stereocenters. The molecule has 0 bridgehead atoms. The zero-order valence-corrected chi connectivity index (χ0v) is 8.29. The summed E-state index contributed by atoms with van der Waals surface area (Å²) in [6.45, 7) is 0. The number of phenols is 1. The molecule has 0 aliphatic carbocycles. The normalized spacial score (nSPS) is 10.5. The molecule has 0 spiro atoms. The van der Waals surface area contributed by atoms with E-state index in [9.17, 15) is 14.9 Å². The summed E-state index contributed by atoms with van der Waals surface area (Å²) in [5, 5.41) is 19.7. The summed E-state index contributed by atoms with van der Waals surface area (Å²) in [5.41, 5.74) is 5.00. The number of nitrogens with two attached hydrogens (primary N) is 1. The number of primary amides is 1. The van der Waals surface area contributed by atoms with Gasteiger partial charge in [0.2, 0.25) is 5.91 Å². The number of hydrogen-bond donors (Lipinski definition) is 2. The van der Waals surface area contributed by atoms with Gasteiger partial charge >= 0.3 is 0 Å². The summed E-state index contributed by atoms with van der Waals surface area (Å²) in [6.07, 6.45) is 2.86. The molecule has 1 aromatic carbocycles. The Bertz CT molecular complexity index is 454. The summed E-state index contributed by atoms with van der Waals surface area (Å²) in [4.78, 5) is 20.5. The van der Waals surface area contributed by atoms with Gasteiger partial charge in [0.25, 0.3) is 5.69 Å². The van der Waals surface area contributed by atoms with E-state index in [4.69, 9.17) is 10.8 Å². The molecule has 1 amide bonds. The molecule has 1 aromatic rings. The van der Waals surface area contributed by atoms with Crippen LogP contribution in [-0.2, 0) is 4.79 Å². The molecule has 3 N–H and O–H groups in total. The molecule has 0 heterocycles. The van der Waals surface area contributed by atoms with Crippen molar-refractivity contribution in [2.24, 2.45) is 5.73 Å². The second-order valence-corrected chi connectivity index (χ2v) is 3.07. The van der Waals surface area contributed by atoms with Crippen LogP contribution >= 0.6 is 0 Å². The molecule has 84 valence electrons. The summed E-state index contributed by atoms with van der Waals surface area (Å²) >= 11 is 0. The topological polar surface area (TPSA) is 106 Å². The van der Waals surface area contributed by atoms with Crippen LogP contribution in [0.2, 0.25) is 0 Å². The van der Waals surface area contributed by atoms with Gasteiger partial charge in [-0.15, -0.1) is 0 Å². The number of rotatable bonds is 4. The monoisotopic (exact) mass is 222 g/mol. The number of benzene rings is 1. The second kappa shape index (κ2) is 4.92. The minimum Gasteiger partial charge on any atom is -0.508 e. The first kappa shape index (κ1) is 11.7. The highest BCUT2D eigenvalue weighted by Crippen LogP contribution is 2.24. The third-order valence-corrected chi connectivity index (χ3v) is 1.83. The number of nitro groups is 1. The molecule has 0 unspecified atom stereocenters. The third kappa shape index (κ3) is 3.09.